The van der Waals surface area contributed by atoms with E-state index in [2.05, 4.69) is 17.9 Å². The fourth-order valence-electron chi connectivity index (χ4n) is 2.92. The largest absolute Gasteiger partial charge is 0.492 e. The van der Waals surface area contributed by atoms with Crippen LogP contribution in [0.4, 0.5) is 0 Å². The molecule has 0 radical (unpaired) electrons. The number of carbonyl (C=O) groups is 1. The molecule has 0 amide bonds. The van der Waals surface area contributed by atoms with E-state index in [1.807, 2.05) is 18.2 Å². The second-order valence-electron chi connectivity index (χ2n) is 5.86. The molecule has 4 heteroatoms. The van der Waals surface area contributed by atoms with Crippen molar-refractivity contribution >= 4 is 5.97 Å². The van der Waals surface area contributed by atoms with Crippen LogP contribution in [0.25, 0.3) is 0 Å². The van der Waals surface area contributed by atoms with Gasteiger partial charge in [0.05, 0.1) is 0 Å². The summed E-state index contributed by atoms with van der Waals surface area (Å²) in [5, 5.41) is 8.77. The van der Waals surface area contributed by atoms with Gasteiger partial charge in [0.25, 0.3) is 0 Å². The zero-order valence-electron chi connectivity index (χ0n) is 12.8. The Labute approximate surface area is 126 Å². The summed E-state index contributed by atoms with van der Waals surface area (Å²) in [5.74, 6) is 0.792. The van der Waals surface area contributed by atoms with Gasteiger partial charge in [-0.25, -0.2) is 0 Å². The molecule has 1 unspecified atom stereocenters. The molecule has 1 atom stereocenters. The molecule has 0 spiro atoms. The van der Waals surface area contributed by atoms with Crippen LogP contribution in [0.3, 0.4) is 0 Å². The van der Waals surface area contributed by atoms with E-state index in [4.69, 9.17) is 9.84 Å². The summed E-state index contributed by atoms with van der Waals surface area (Å²) >= 11 is 0. The molecule has 116 valence electrons. The van der Waals surface area contributed by atoms with E-state index in [-0.39, 0.29) is 6.42 Å². The standard InChI is InChI=1S/C17H25NO3/c1-14-5-2-3-7-16(14)21-12-11-18-10-4-6-15(13-18)8-9-17(19)20/h2-3,5,7,15H,4,6,8-13H2,1H3,(H,19,20). The zero-order valence-corrected chi connectivity index (χ0v) is 12.8. The van der Waals surface area contributed by atoms with Crippen molar-refractivity contribution in [2.24, 2.45) is 5.92 Å². The van der Waals surface area contributed by atoms with Crippen molar-refractivity contribution in [3.63, 3.8) is 0 Å². The molecular weight excluding hydrogens is 266 g/mol. The highest BCUT2D eigenvalue weighted by molar-refractivity contribution is 5.66. The van der Waals surface area contributed by atoms with E-state index in [9.17, 15) is 4.79 Å². The van der Waals surface area contributed by atoms with Crippen LogP contribution >= 0.6 is 0 Å². The predicted octanol–water partition coefficient (Wildman–Crippen LogP) is 2.95. The van der Waals surface area contributed by atoms with Crippen LogP contribution in [0.1, 0.15) is 31.2 Å². The van der Waals surface area contributed by atoms with Crippen molar-refractivity contribution in [3.8, 4) is 5.75 Å². The number of rotatable bonds is 7. The number of hydrogen-bond donors (Lipinski definition) is 1. The molecule has 0 aliphatic carbocycles. The van der Waals surface area contributed by atoms with Gasteiger partial charge in [0.1, 0.15) is 12.4 Å². The number of piperidine rings is 1. The van der Waals surface area contributed by atoms with E-state index in [1.165, 1.54) is 0 Å². The summed E-state index contributed by atoms with van der Waals surface area (Å²) in [5.41, 5.74) is 1.16. The second kappa shape index (κ2) is 8.03. The normalized spacial score (nSPS) is 19.4. The third-order valence-electron chi connectivity index (χ3n) is 4.13. The smallest absolute Gasteiger partial charge is 0.303 e. The number of aryl methyl sites for hydroxylation is 1. The summed E-state index contributed by atoms with van der Waals surface area (Å²) in [6, 6.07) is 8.06. The first-order chi connectivity index (χ1) is 10.1. The number of benzene rings is 1. The Balaban J connectivity index is 1.70. The number of nitrogens with zero attached hydrogens (tertiary/aromatic N) is 1. The highest BCUT2D eigenvalue weighted by Crippen LogP contribution is 2.21. The van der Waals surface area contributed by atoms with Gasteiger partial charge in [0, 0.05) is 19.5 Å². The monoisotopic (exact) mass is 291 g/mol. The Hall–Kier alpha value is -1.55. The minimum atomic E-state index is -0.685. The van der Waals surface area contributed by atoms with E-state index >= 15 is 0 Å². The highest BCUT2D eigenvalue weighted by atomic mass is 16.5. The molecule has 1 heterocycles. The first-order valence-corrected chi connectivity index (χ1v) is 7.77. The average Bonchev–Trinajstić information content (AvgIpc) is 2.48. The maximum absolute atomic E-state index is 10.7. The van der Waals surface area contributed by atoms with E-state index in [1.54, 1.807) is 0 Å². The van der Waals surface area contributed by atoms with Crippen LogP contribution in [0.2, 0.25) is 0 Å². The number of ether oxygens (including phenoxy) is 1. The van der Waals surface area contributed by atoms with Gasteiger partial charge >= 0.3 is 5.97 Å². The molecule has 21 heavy (non-hydrogen) atoms. The molecule has 1 N–H and O–H groups in total. The van der Waals surface area contributed by atoms with Gasteiger partial charge in [-0.2, -0.15) is 0 Å². The van der Waals surface area contributed by atoms with Crippen molar-refractivity contribution in [1.82, 2.24) is 4.90 Å². The lowest BCUT2D eigenvalue weighted by atomic mass is 9.93. The van der Waals surface area contributed by atoms with Crippen molar-refractivity contribution in [2.75, 3.05) is 26.2 Å². The first kappa shape index (κ1) is 15.8. The van der Waals surface area contributed by atoms with Crippen LogP contribution in [0.5, 0.6) is 5.75 Å². The van der Waals surface area contributed by atoms with Crippen molar-refractivity contribution in [1.29, 1.82) is 0 Å². The molecule has 1 aliphatic heterocycles. The van der Waals surface area contributed by atoms with Crippen LogP contribution in [0.15, 0.2) is 24.3 Å². The lowest BCUT2D eigenvalue weighted by Gasteiger charge is -2.32. The summed E-state index contributed by atoms with van der Waals surface area (Å²) in [4.78, 5) is 13.0. The molecule has 0 aromatic heterocycles. The average molecular weight is 291 g/mol. The molecule has 1 fully saturated rings. The summed E-state index contributed by atoms with van der Waals surface area (Å²) in [6.07, 6.45) is 3.40. The van der Waals surface area contributed by atoms with E-state index in [0.717, 1.165) is 50.2 Å². The minimum Gasteiger partial charge on any atom is -0.492 e. The molecular formula is C17H25NO3. The van der Waals surface area contributed by atoms with Gasteiger partial charge in [-0.1, -0.05) is 18.2 Å². The Morgan fingerprint density at radius 1 is 1.43 bits per heavy atom. The quantitative estimate of drug-likeness (QED) is 0.839. The van der Waals surface area contributed by atoms with Gasteiger partial charge in [-0.3, -0.25) is 9.69 Å². The summed E-state index contributed by atoms with van der Waals surface area (Å²) in [7, 11) is 0. The molecule has 4 nitrogen and oxygen atoms in total. The predicted molar refractivity (Wildman–Crippen MR) is 82.7 cm³/mol. The molecule has 1 saturated heterocycles. The van der Waals surface area contributed by atoms with Gasteiger partial charge in [-0.15, -0.1) is 0 Å². The van der Waals surface area contributed by atoms with Gasteiger partial charge < -0.3 is 9.84 Å². The first-order valence-electron chi connectivity index (χ1n) is 7.77. The van der Waals surface area contributed by atoms with Crippen molar-refractivity contribution < 1.29 is 14.6 Å². The van der Waals surface area contributed by atoms with Crippen LogP contribution < -0.4 is 4.74 Å². The topological polar surface area (TPSA) is 49.8 Å². The molecule has 1 aromatic rings. The summed E-state index contributed by atoms with van der Waals surface area (Å²) in [6.45, 7) is 5.76. The van der Waals surface area contributed by atoms with Crippen molar-refractivity contribution in [3.05, 3.63) is 29.8 Å². The number of likely N-dealkylation sites (tertiary alicyclic amines) is 1. The zero-order chi connectivity index (χ0) is 15.1. The number of carboxylic acids is 1. The van der Waals surface area contributed by atoms with Crippen molar-refractivity contribution in [2.45, 2.75) is 32.6 Å². The number of hydrogen-bond acceptors (Lipinski definition) is 3. The number of carboxylic acid groups (broad SMARTS) is 1. The third-order valence-corrected chi connectivity index (χ3v) is 4.13. The maximum Gasteiger partial charge on any atom is 0.303 e. The van der Waals surface area contributed by atoms with Gasteiger partial charge in [-0.05, 0) is 50.3 Å². The minimum absolute atomic E-state index is 0.290. The van der Waals surface area contributed by atoms with Crippen LogP contribution in [-0.2, 0) is 4.79 Å². The molecule has 0 saturated carbocycles. The van der Waals surface area contributed by atoms with E-state index in [0.29, 0.717) is 12.5 Å². The molecule has 1 aliphatic rings. The molecule has 2 rings (SSSR count). The molecule has 0 bridgehead atoms. The lowest BCUT2D eigenvalue weighted by molar-refractivity contribution is -0.137. The Kier molecular flexibility index (Phi) is 6.05. The maximum atomic E-state index is 10.7. The fraction of sp³-hybridized carbons (Fsp3) is 0.588. The number of aliphatic carboxylic acids is 1. The number of para-hydroxylation sites is 1. The van der Waals surface area contributed by atoms with Gasteiger partial charge in [0.2, 0.25) is 0 Å². The Bertz CT molecular complexity index is 461. The van der Waals surface area contributed by atoms with E-state index < -0.39 is 5.97 Å². The fourth-order valence-corrected chi connectivity index (χ4v) is 2.92. The SMILES string of the molecule is Cc1ccccc1OCCN1CCCC(CCC(=O)O)C1. The second-order valence-corrected chi connectivity index (χ2v) is 5.86. The van der Waals surface area contributed by atoms with Gasteiger partial charge in [0.15, 0.2) is 0 Å². The Morgan fingerprint density at radius 3 is 3.00 bits per heavy atom. The lowest BCUT2D eigenvalue weighted by Crippen LogP contribution is -2.38. The van der Waals surface area contributed by atoms with Crippen LogP contribution in [0, 0.1) is 12.8 Å². The van der Waals surface area contributed by atoms with Crippen LogP contribution in [-0.4, -0.2) is 42.2 Å². The summed E-state index contributed by atoms with van der Waals surface area (Å²) < 4.78 is 5.84. The molecule has 1 aromatic carbocycles. The Morgan fingerprint density at radius 2 is 2.24 bits per heavy atom. The third kappa shape index (κ3) is 5.38. The highest BCUT2D eigenvalue weighted by Gasteiger charge is 2.20.